The number of nitrogens with zero attached hydrogens (tertiary/aromatic N) is 1. The summed E-state index contributed by atoms with van der Waals surface area (Å²) in [5, 5.41) is 8.72. The van der Waals surface area contributed by atoms with Gasteiger partial charge in [-0.05, 0) is 31.9 Å². The molecule has 0 spiro atoms. The molecule has 1 N–H and O–H groups in total. The molecule has 5 nitrogen and oxygen atoms in total. The third kappa shape index (κ3) is 2.76. The highest BCUT2D eigenvalue weighted by atomic mass is 16.5. The molecule has 0 aliphatic carbocycles. The van der Waals surface area contributed by atoms with Gasteiger partial charge in [0, 0.05) is 11.7 Å². The summed E-state index contributed by atoms with van der Waals surface area (Å²) in [4.78, 5) is 24.5. The number of amides is 1. The second kappa shape index (κ2) is 5.40. The molecule has 2 unspecified atom stereocenters. The van der Waals surface area contributed by atoms with E-state index in [9.17, 15) is 9.59 Å². The number of para-hydroxylation sites is 1. The minimum Gasteiger partial charge on any atom is -0.479 e. The van der Waals surface area contributed by atoms with Crippen molar-refractivity contribution in [3.05, 3.63) is 29.8 Å². The van der Waals surface area contributed by atoms with Gasteiger partial charge in [0.1, 0.15) is 6.61 Å². The van der Waals surface area contributed by atoms with Crippen LogP contribution in [0.2, 0.25) is 0 Å². The molecule has 1 heterocycles. The molecule has 1 aliphatic rings. The van der Waals surface area contributed by atoms with Crippen LogP contribution in [-0.2, 0) is 20.7 Å². The maximum absolute atomic E-state index is 12.2. The average molecular weight is 263 g/mol. The van der Waals surface area contributed by atoms with Crippen LogP contribution in [0.25, 0.3) is 0 Å². The number of aliphatic carboxylic acids is 1. The van der Waals surface area contributed by atoms with E-state index in [1.807, 2.05) is 31.2 Å². The Balaban J connectivity index is 2.06. The number of carbonyl (C=O) groups is 2. The Morgan fingerprint density at radius 2 is 2.16 bits per heavy atom. The van der Waals surface area contributed by atoms with Crippen molar-refractivity contribution in [3.8, 4) is 0 Å². The van der Waals surface area contributed by atoms with Crippen LogP contribution in [0.1, 0.15) is 19.4 Å². The fraction of sp³-hybridized carbons (Fsp3) is 0.429. The molecule has 19 heavy (non-hydrogen) atoms. The van der Waals surface area contributed by atoms with Crippen LogP contribution >= 0.6 is 0 Å². The standard InChI is InChI=1S/C14H17NO4/c1-9-7-11-5-3-4-6-12(11)15(9)13(16)8-19-10(2)14(17)18/h3-6,9-10H,7-8H2,1-2H3,(H,17,18). The molecule has 2 rings (SSSR count). The van der Waals surface area contributed by atoms with Crippen LogP contribution in [0.3, 0.4) is 0 Å². The van der Waals surface area contributed by atoms with Crippen LogP contribution in [0, 0.1) is 0 Å². The molecule has 102 valence electrons. The Hall–Kier alpha value is -1.88. The zero-order valence-corrected chi connectivity index (χ0v) is 11.0. The minimum atomic E-state index is -1.07. The van der Waals surface area contributed by atoms with E-state index in [2.05, 4.69) is 0 Å². The topological polar surface area (TPSA) is 66.8 Å². The van der Waals surface area contributed by atoms with E-state index in [0.717, 1.165) is 17.7 Å². The van der Waals surface area contributed by atoms with Crippen molar-refractivity contribution in [2.24, 2.45) is 0 Å². The Labute approximate surface area is 111 Å². The average Bonchev–Trinajstić information content (AvgIpc) is 2.71. The predicted octanol–water partition coefficient (Wildman–Crippen LogP) is 1.45. The number of carbonyl (C=O) groups excluding carboxylic acids is 1. The number of carboxylic acid groups (broad SMARTS) is 1. The van der Waals surface area contributed by atoms with Crippen molar-refractivity contribution < 1.29 is 19.4 Å². The first-order valence-corrected chi connectivity index (χ1v) is 6.25. The van der Waals surface area contributed by atoms with Crippen molar-refractivity contribution >= 4 is 17.6 Å². The molecular weight excluding hydrogens is 246 g/mol. The van der Waals surface area contributed by atoms with E-state index >= 15 is 0 Å². The van der Waals surface area contributed by atoms with E-state index in [4.69, 9.17) is 9.84 Å². The molecule has 0 saturated carbocycles. The lowest BCUT2D eigenvalue weighted by molar-refractivity contribution is -0.150. The van der Waals surface area contributed by atoms with Gasteiger partial charge < -0.3 is 14.7 Å². The first kappa shape index (κ1) is 13.5. The Kier molecular flexibility index (Phi) is 3.85. The fourth-order valence-corrected chi connectivity index (χ4v) is 2.28. The number of ether oxygens (including phenoxy) is 1. The molecule has 0 saturated heterocycles. The van der Waals surface area contributed by atoms with Gasteiger partial charge in [-0.15, -0.1) is 0 Å². The van der Waals surface area contributed by atoms with Gasteiger partial charge in [0.2, 0.25) is 0 Å². The number of fused-ring (bicyclic) bond motifs is 1. The molecule has 0 fully saturated rings. The maximum Gasteiger partial charge on any atom is 0.332 e. The summed E-state index contributed by atoms with van der Waals surface area (Å²) in [5.74, 6) is -1.27. The van der Waals surface area contributed by atoms with Gasteiger partial charge in [0.05, 0.1) is 0 Å². The lowest BCUT2D eigenvalue weighted by Gasteiger charge is -2.23. The fourth-order valence-electron chi connectivity index (χ4n) is 2.28. The molecule has 1 amide bonds. The summed E-state index contributed by atoms with van der Waals surface area (Å²) >= 11 is 0. The highest BCUT2D eigenvalue weighted by Crippen LogP contribution is 2.31. The first-order valence-electron chi connectivity index (χ1n) is 6.25. The molecule has 0 aromatic heterocycles. The largest absolute Gasteiger partial charge is 0.479 e. The normalized spacial score (nSPS) is 19.1. The maximum atomic E-state index is 12.2. The van der Waals surface area contributed by atoms with Crippen molar-refractivity contribution in [1.29, 1.82) is 0 Å². The number of rotatable bonds is 4. The van der Waals surface area contributed by atoms with Gasteiger partial charge in [-0.1, -0.05) is 18.2 Å². The molecule has 1 aliphatic heterocycles. The quantitative estimate of drug-likeness (QED) is 0.893. The van der Waals surface area contributed by atoms with Gasteiger partial charge in [0.15, 0.2) is 6.10 Å². The lowest BCUT2D eigenvalue weighted by atomic mass is 10.1. The smallest absolute Gasteiger partial charge is 0.332 e. The molecular formula is C14H17NO4. The van der Waals surface area contributed by atoms with Crippen molar-refractivity contribution in [2.45, 2.75) is 32.4 Å². The second-order valence-corrected chi connectivity index (χ2v) is 4.74. The summed E-state index contributed by atoms with van der Waals surface area (Å²) in [7, 11) is 0. The molecule has 5 heteroatoms. The predicted molar refractivity (Wildman–Crippen MR) is 70.1 cm³/mol. The van der Waals surface area contributed by atoms with E-state index in [-0.39, 0.29) is 18.6 Å². The Morgan fingerprint density at radius 1 is 1.47 bits per heavy atom. The molecule has 0 bridgehead atoms. The van der Waals surface area contributed by atoms with E-state index in [1.165, 1.54) is 6.92 Å². The van der Waals surface area contributed by atoms with Gasteiger partial charge in [0.25, 0.3) is 5.91 Å². The minimum absolute atomic E-state index is 0.0774. The van der Waals surface area contributed by atoms with Crippen LogP contribution in [0.15, 0.2) is 24.3 Å². The van der Waals surface area contributed by atoms with Crippen molar-refractivity contribution in [1.82, 2.24) is 0 Å². The third-order valence-electron chi connectivity index (χ3n) is 3.28. The van der Waals surface area contributed by atoms with Crippen LogP contribution < -0.4 is 4.90 Å². The zero-order chi connectivity index (χ0) is 14.0. The van der Waals surface area contributed by atoms with Crippen molar-refractivity contribution in [3.63, 3.8) is 0 Å². The summed E-state index contributed by atoms with van der Waals surface area (Å²) in [6.07, 6.45) is -0.159. The van der Waals surface area contributed by atoms with E-state index in [1.54, 1.807) is 4.90 Å². The van der Waals surface area contributed by atoms with E-state index < -0.39 is 12.1 Å². The summed E-state index contributed by atoms with van der Waals surface area (Å²) in [5.41, 5.74) is 2.03. The Bertz CT molecular complexity index is 500. The number of anilines is 1. The van der Waals surface area contributed by atoms with Crippen LogP contribution in [-0.4, -0.2) is 35.7 Å². The number of hydrogen-bond acceptors (Lipinski definition) is 3. The summed E-state index contributed by atoms with van der Waals surface area (Å²) in [6, 6.07) is 7.81. The van der Waals surface area contributed by atoms with Crippen molar-refractivity contribution in [2.75, 3.05) is 11.5 Å². The zero-order valence-electron chi connectivity index (χ0n) is 11.0. The van der Waals surface area contributed by atoms with E-state index in [0.29, 0.717) is 0 Å². The molecule has 2 atom stereocenters. The first-order chi connectivity index (χ1) is 9.00. The highest BCUT2D eigenvalue weighted by Gasteiger charge is 2.30. The SMILES string of the molecule is CC(OCC(=O)N1c2ccccc2CC1C)C(=O)O. The van der Waals surface area contributed by atoms with Gasteiger partial charge in [-0.25, -0.2) is 4.79 Å². The van der Waals surface area contributed by atoms with Gasteiger partial charge >= 0.3 is 5.97 Å². The van der Waals surface area contributed by atoms with Gasteiger partial charge in [-0.2, -0.15) is 0 Å². The third-order valence-corrected chi connectivity index (χ3v) is 3.28. The summed E-state index contributed by atoms with van der Waals surface area (Å²) in [6.45, 7) is 3.17. The summed E-state index contributed by atoms with van der Waals surface area (Å²) < 4.78 is 5.05. The number of benzene rings is 1. The highest BCUT2D eigenvalue weighted by molar-refractivity contribution is 5.97. The Morgan fingerprint density at radius 3 is 2.84 bits per heavy atom. The van der Waals surface area contributed by atoms with Crippen LogP contribution in [0.4, 0.5) is 5.69 Å². The van der Waals surface area contributed by atoms with Crippen LogP contribution in [0.5, 0.6) is 0 Å². The monoisotopic (exact) mass is 263 g/mol. The number of carboxylic acids is 1. The lowest BCUT2D eigenvalue weighted by Crippen LogP contribution is -2.39. The molecule has 1 aromatic rings. The van der Waals surface area contributed by atoms with Gasteiger partial charge in [-0.3, -0.25) is 4.79 Å². The number of hydrogen-bond donors (Lipinski definition) is 1. The molecule has 1 aromatic carbocycles. The second-order valence-electron chi connectivity index (χ2n) is 4.74. The molecule has 0 radical (unpaired) electrons.